The van der Waals surface area contributed by atoms with Crippen LogP contribution in [0.5, 0.6) is 0 Å². The Morgan fingerprint density at radius 2 is 2.41 bits per heavy atom. The molecule has 0 fully saturated rings. The zero-order chi connectivity index (χ0) is 12.1. The molecule has 1 N–H and O–H groups in total. The maximum Gasteiger partial charge on any atom is 0.244 e. The number of carbonyl (C=O) groups is 1. The lowest BCUT2D eigenvalue weighted by Gasteiger charge is -1.97. The van der Waals surface area contributed by atoms with Gasteiger partial charge in [-0.05, 0) is 24.4 Å². The minimum Gasteiger partial charge on any atom is -0.346 e. The smallest absolute Gasteiger partial charge is 0.244 e. The largest absolute Gasteiger partial charge is 0.346 e. The van der Waals surface area contributed by atoms with Crippen LogP contribution < -0.4 is 5.32 Å². The average Bonchev–Trinajstić information content (AvgIpc) is 2.95. The summed E-state index contributed by atoms with van der Waals surface area (Å²) < 4.78 is 0. The number of thiazole rings is 1. The fourth-order valence-electron chi connectivity index (χ4n) is 1.25. The maximum atomic E-state index is 11.5. The van der Waals surface area contributed by atoms with Crippen LogP contribution in [-0.4, -0.2) is 10.9 Å². The summed E-state index contributed by atoms with van der Waals surface area (Å²) in [7, 11) is 0. The Kier molecular flexibility index (Phi) is 4.06. The summed E-state index contributed by atoms with van der Waals surface area (Å²) in [5.74, 6) is -0.0914. The molecule has 0 bridgehead atoms. The van der Waals surface area contributed by atoms with Crippen molar-refractivity contribution < 1.29 is 4.79 Å². The molecule has 0 saturated heterocycles. The van der Waals surface area contributed by atoms with Gasteiger partial charge in [-0.25, -0.2) is 4.98 Å². The van der Waals surface area contributed by atoms with Gasteiger partial charge >= 0.3 is 0 Å². The number of nitrogens with one attached hydrogen (secondary N) is 1. The average molecular weight is 264 g/mol. The highest BCUT2D eigenvalue weighted by molar-refractivity contribution is 7.10. The minimum atomic E-state index is -0.0914. The van der Waals surface area contributed by atoms with Crippen LogP contribution in [0.4, 0.5) is 0 Å². The van der Waals surface area contributed by atoms with E-state index in [1.54, 1.807) is 28.7 Å². The number of thiophene rings is 1. The molecule has 0 saturated carbocycles. The van der Waals surface area contributed by atoms with Gasteiger partial charge in [0.1, 0.15) is 5.01 Å². The van der Waals surface area contributed by atoms with Crippen LogP contribution in [0.1, 0.15) is 15.6 Å². The van der Waals surface area contributed by atoms with Crippen molar-refractivity contribution in [2.24, 2.45) is 0 Å². The molecule has 5 heteroatoms. The summed E-state index contributed by atoms with van der Waals surface area (Å²) in [6.07, 6.45) is 3.36. The molecular formula is C12H12N2OS2. The summed E-state index contributed by atoms with van der Waals surface area (Å²) in [6, 6.07) is 3.93. The van der Waals surface area contributed by atoms with Gasteiger partial charge in [0.25, 0.3) is 0 Å². The predicted molar refractivity (Wildman–Crippen MR) is 72.1 cm³/mol. The number of aryl methyl sites for hydroxylation is 1. The fourth-order valence-corrected chi connectivity index (χ4v) is 2.58. The maximum absolute atomic E-state index is 11.5. The van der Waals surface area contributed by atoms with E-state index >= 15 is 0 Å². The Labute approximate surface area is 108 Å². The molecule has 0 aliphatic rings. The lowest BCUT2D eigenvalue weighted by atomic mass is 10.4. The number of rotatable bonds is 4. The summed E-state index contributed by atoms with van der Waals surface area (Å²) >= 11 is 3.17. The Bertz CT molecular complexity index is 514. The van der Waals surface area contributed by atoms with Crippen molar-refractivity contribution in [2.45, 2.75) is 13.5 Å². The summed E-state index contributed by atoms with van der Waals surface area (Å²) in [6.45, 7) is 2.44. The van der Waals surface area contributed by atoms with Crippen molar-refractivity contribution in [2.75, 3.05) is 0 Å². The number of carbonyl (C=O) groups excluding carboxylic acids is 1. The zero-order valence-electron chi connectivity index (χ0n) is 9.34. The van der Waals surface area contributed by atoms with E-state index in [4.69, 9.17) is 0 Å². The van der Waals surface area contributed by atoms with E-state index in [1.807, 2.05) is 35.9 Å². The van der Waals surface area contributed by atoms with Crippen LogP contribution in [0.2, 0.25) is 0 Å². The van der Waals surface area contributed by atoms with Crippen molar-refractivity contribution in [3.8, 4) is 0 Å². The first-order valence-corrected chi connectivity index (χ1v) is 6.90. The number of nitrogens with zero attached hydrogens (tertiary/aromatic N) is 1. The molecule has 2 rings (SSSR count). The van der Waals surface area contributed by atoms with Gasteiger partial charge < -0.3 is 5.32 Å². The third-order valence-electron chi connectivity index (χ3n) is 2.02. The van der Waals surface area contributed by atoms with E-state index in [-0.39, 0.29) is 5.91 Å². The molecule has 1 amide bonds. The van der Waals surface area contributed by atoms with Crippen LogP contribution in [-0.2, 0) is 11.3 Å². The minimum absolute atomic E-state index is 0.0914. The lowest BCUT2D eigenvalue weighted by molar-refractivity contribution is -0.116. The Morgan fingerprint density at radius 1 is 1.53 bits per heavy atom. The molecule has 0 aliphatic heterocycles. The fraction of sp³-hybridized carbons (Fsp3) is 0.167. The van der Waals surface area contributed by atoms with Crippen molar-refractivity contribution in [3.05, 3.63) is 44.5 Å². The first-order chi connectivity index (χ1) is 8.24. The van der Waals surface area contributed by atoms with E-state index in [1.165, 1.54) is 0 Å². The number of hydrogen-bond acceptors (Lipinski definition) is 4. The van der Waals surface area contributed by atoms with E-state index in [0.29, 0.717) is 6.54 Å². The summed E-state index contributed by atoms with van der Waals surface area (Å²) in [5.41, 5.74) is 0.994. The molecule has 2 aromatic heterocycles. The quantitative estimate of drug-likeness (QED) is 0.863. The van der Waals surface area contributed by atoms with Gasteiger partial charge in [0, 0.05) is 22.0 Å². The topological polar surface area (TPSA) is 42.0 Å². The molecule has 0 unspecified atom stereocenters. The zero-order valence-corrected chi connectivity index (χ0v) is 11.0. The molecule has 3 nitrogen and oxygen atoms in total. The Morgan fingerprint density at radius 3 is 3.06 bits per heavy atom. The molecule has 0 aliphatic carbocycles. The highest BCUT2D eigenvalue weighted by Gasteiger charge is 2.00. The van der Waals surface area contributed by atoms with Gasteiger partial charge in [-0.15, -0.1) is 22.7 Å². The Balaban J connectivity index is 1.82. The van der Waals surface area contributed by atoms with Crippen LogP contribution in [0.3, 0.4) is 0 Å². The second kappa shape index (κ2) is 5.75. The molecule has 2 aromatic rings. The lowest BCUT2D eigenvalue weighted by Crippen LogP contribution is -2.20. The van der Waals surface area contributed by atoms with Gasteiger partial charge in [-0.1, -0.05) is 6.07 Å². The second-order valence-electron chi connectivity index (χ2n) is 3.45. The molecular weight excluding hydrogens is 252 g/mol. The molecule has 2 heterocycles. The molecule has 0 atom stereocenters. The van der Waals surface area contributed by atoms with Gasteiger partial charge in [0.2, 0.25) is 5.91 Å². The molecule has 0 radical (unpaired) electrons. The number of aromatic nitrogens is 1. The Hall–Kier alpha value is -1.46. The summed E-state index contributed by atoms with van der Waals surface area (Å²) in [5, 5.41) is 7.69. The molecule has 88 valence electrons. The van der Waals surface area contributed by atoms with E-state index < -0.39 is 0 Å². The van der Waals surface area contributed by atoms with E-state index in [9.17, 15) is 4.79 Å². The highest BCUT2D eigenvalue weighted by Crippen LogP contribution is 2.10. The SMILES string of the molecule is Cc1csc(CNC(=O)C=Cc2cccs2)n1. The van der Waals surface area contributed by atoms with Crippen molar-refractivity contribution in [1.29, 1.82) is 0 Å². The van der Waals surface area contributed by atoms with Gasteiger partial charge in [0.15, 0.2) is 0 Å². The molecule has 17 heavy (non-hydrogen) atoms. The van der Waals surface area contributed by atoms with Crippen LogP contribution >= 0.6 is 22.7 Å². The first kappa shape index (κ1) is 12.0. The third kappa shape index (κ3) is 3.80. The summed E-state index contributed by atoms with van der Waals surface area (Å²) in [4.78, 5) is 16.9. The normalized spacial score (nSPS) is 10.9. The van der Waals surface area contributed by atoms with Crippen molar-refractivity contribution >= 4 is 34.7 Å². The predicted octanol–water partition coefficient (Wildman–Crippen LogP) is 2.84. The van der Waals surface area contributed by atoms with Gasteiger partial charge in [-0.2, -0.15) is 0 Å². The highest BCUT2D eigenvalue weighted by atomic mass is 32.1. The third-order valence-corrected chi connectivity index (χ3v) is 3.83. The van der Waals surface area contributed by atoms with Crippen molar-refractivity contribution in [3.63, 3.8) is 0 Å². The van der Waals surface area contributed by atoms with Crippen LogP contribution in [0.15, 0.2) is 29.0 Å². The van der Waals surface area contributed by atoms with Gasteiger partial charge in [0.05, 0.1) is 6.54 Å². The molecule has 0 spiro atoms. The van der Waals surface area contributed by atoms with Gasteiger partial charge in [-0.3, -0.25) is 4.79 Å². The number of hydrogen-bond donors (Lipinski definition) is 1. The van der Waals surface area contributed by atoms with E-state index in [0.717, 1.165) is 15.6 Å². The monoisotopic (exact) mass is 264 g/mol. The second-order valence-corrected chi connectivity index (χ2v) is 5.37. The molecule has 0 aromatic carbocycles. The standard InChI is InChI=1S/C12H12N2OS2/c1-9-8-17-12(14-9)7-13-11(15)5-4-10-3-2-6-16-10/h2-6,8H,7H2,1H3,(H,13,15). The van der Waals surface area contributed by atoms with E-state index in [2.05, 4.69) is 10.3 Å². The number of amides is 1. The van der Waals surface area contributed by atoms with Crippen LogP contribution in [0.25, 0.3) is 6.08 Å². The van der Waals surface area contributed by atoms with Crippen LogP contribution in [0, 0.1) is 6.92 Å². The van der Waals surface area contributed by atoms with Crippen molar-refractivity contribution in [1.82, 2.24) is 10.3 Å². The first-order valence-electron chi connectivity index (χ1n) is 5.14.